The van der Waals surface area contributed by atoms with Crippen molar-refractivity contribution in [3.8, 4) is 0 Å². The van der Waals surface area contributed by atoms with Gasteiger partial charge in [-0.05, 0) is 12.0 Å². The lowest BCUT2D eigenvalue weighted by Crippen LogP contribution is -1.77. The number of rotatable bonds is 4. The number of nitrogens with zero attached hydrogens (tertiary/aromatic N) is 1. The maximum absolute atomic E-state index is 5.14. The van der Waals surface area contributed by atoms with Crippen molar-refractivity contribution >= 4 is 6.08 Å². The van der Waals surface area contributed by atoms with Crippen molar-refractivity contribution in [2.24, 2.45) is 0 Å². The van der Waals surface area contributed by atoms with E-state index in [-0.39, 0.29) is 0 Å². The predicted octanol–water partition coefficient (Wildman–Crippen LogP) is 3.32. The Morgan fingerprint density at radius 2 is 2.07 bits per heavy atom. The number of benzene rings is 1. The van der Waals surface area contributed by atoms with Gasteiger partial charge in [-0.15, -0.1) is 0 Å². The lowest BCUT2D eigenvalue weighted by atomic mass is 10.2. The summed E-state index contributed by atoms with van der Waals surface area (Å²) in [6, 6.07) is 10.3. The quantitative estimate of drug-likeness (QED) is 0.755. The van der Waals surface area contributed by atoms with Crippen LogP contribution >= 0.6 is 0 Å². The molecule has 0 unspecified atom stereocenters. The van der Waals surface area contributed by atoms with E-state index in [1.165, 1.54) is 12.0 Å². The smallest absolute Gasteiger partial charge is 0.180 e. The van der Waals surface area contributed by atoms with Crippen LogP contribution in [0.15, 0.2) is 53.4 Å². The summed E-state index contributed by atoms with van der Waals surface area (Å²) >= 11 is 0. The molecule has 15 heavy (non-hydrogen) atoms. The normalized spacial score (nSPS) is 10.9. The largest absolute Gasteiger partial charge is 0.449 e. The van der Waals surface area contributed by atoms with Crippen molar-refractivity contribution in [3.63, 3.8) is 0 Å². The number of hydrogen-bond donors (Lipinski definition) is 0. The molecule has 1 aromatic carbocycles. The molecular weight excluding hydrogens is 186 g/mol. The number of aromatic nitrogens is 1. The highest BCUT2D eigenvalue weighted by Crippen LogP contribution is 2.05. The van der Waals surface area contributed by atoms with E-state index >= 15 is 0 Å². The van der Waals surface area contributed by atoms with E-state index in [0.717, 1.165) is 18.6 Å². The molecule has 76 valence electrons. The molecule has 2 rings (SSSR count). The number of allylic oxidation sites excluding steroid dienone is 1. The van der Waals surface area contributed by atoms with Gasteiger partial charge in [-0.25, -0.2) is 4.98 Å². The SMILES string of the molecule is C(=C\c1ccccc1)/CCc1cnco1. The summed E-state index contributed by atoms with van der Waals surface area (Å²) in [6.07, 6.45) is 9.38. The summed E-state index contributed by atoms with van der Waals surface area (Å²) in [5, 5.41) is 0. The summed E-state index contributed by atoms with van der Waals surface area (Å²) in [6.45, 7) is 0. The third-order valence-corrected chi connectivity index (χ3v) is 2.15. The second-order valence-corrected chi connectivity index (χ2v) is 3.32. The van der Waals surface area contributed by atoms with Gasteiger partial charge < -0.3 is 4.42 Å². The van der Waals surface area contributed by atoms with Crippen molar-refractivity contribution in [1.82, 2.24) is 4.98 Å². The molecule has 0 N–H and O–H groups in total. The zero-order valence-electron chi connectivity index (χ0n) is 8.47. The first-order chi connectivity index (χ1) is 7.45. The van der Waals surface area contributed by atoms with Crippen LogP contribution in [0.5, 0.6) is 0 Å². The van der Waals surface area contributed by atoms with Crippen LogP contribution in [0.3, 0.4) is 0 Å². The minimum absolute atomic E-state index is 0.906. The van der Waals surface area contributed by atoms with Gasteiger partial charge in [-0.2, -0.15) is 0 Å². The van der Waals surface area contributed by atoms with Crippen molar-refractivity contribution < 1.29 is 4.42 Å². The molecule has 0 saturated carbocycles. The van der Waals surface area contributed by atoms with Crippen LogP contribution in [0, 0.1) is 0 Å². The van der Waals surface area contributed by atoms with E-state index in [1.807, 2.05) is 18.2 Å². The van der Waals surface area contributed by atoms with Gasteiger partial charge in [0.1, 0.15) is 5.76 Å². The fraction of sp³-hybridized carbons (Fsp3) is 0.154. The van der Waals surface area contributed by atoms with Crippen LogP contribution in [0.4, 0.5) is 0 Å². The lowest BCUT2D eigenvalue weighted by molar-refractivity contribution is 0.504. The Balaban J connectivity index is 1.81. The lowest BCUT2D eigenvalue weighted by Gasteiger charge is -1.92. The average molecular weight is 199 g/mol. The molecule has 0 saturated heterocycles. The Morgan fingerprint density at radius 1 is 1.20 bits per heavy atom. The van der Waals surface area contributed by atoms with Crippen molar-refractivity contribution in [3.05, 3.63) is 60.3 Å². The standard InChI is InChI=1S/C13H13NO/c1-2-6-12(7-3-1)8-4-5-9-13-10-14-11-15-13/h1-4,6-8,10-11H,5,9H2/b8-4+. The Hall–Kier alpha value is -1.83. The summed E-state index contributed by atoms with van der Waals surface area (Å²) in [7, 11) is 0. The van der Waals surface area contributed by atoms with E-state index in [0.29, 0.717) is 0 Å². The monoisotopic (exact) mass is 199 g/mol. The first-order valence-electron chi connectivity index (χ1n) is 5.04. The molecule has 2 nitrogen and oxygen atoms in total. The highest BCUT2D eigenvalue weighted by atomic mass is 16.3. The first-order valence-corrected chi connectivity index (χ1v) is 5.04. The van der Waals surface area contributed by atoms with Gasteiger partial charge in [0.2, 0.25) is 0 Å². The summed E-state index contributed by atoms with van der Waals surface area (Å²) in [5.41, 5.74) is 1.23. The van der Waals surface area contributed by atoms with Gasteiger partial charge >= 0.3 is 0 Å². The first kappa shape index (κ1) is 9.71. The van der Waals surface area contributed by atoms with Gasteiger partial charge in [0.25, 0.3) is 0 Å². The molecule has 0 spiro atoms. The van der Waals surface area contributed by atoms with E-state index in [1.54, 1.807) is 6.20 Å². The van der Waals surface area contributed by atoms with Crippen molar-refractivity contribution in [2.75, 3.05) is 0 Å². The van der Waals surface area contributed by atoms with Crippen LogP contribution in [0.25, 0.3) is 6.08 Å². The van der Waals surface area contributed by atoms with Crippen LogP contribution in [0.2, 0.25) is 0 Å². The third-order valence-electron chi connectivity index (χ3n) is 2.15. The molecule has 0 radical (unpaired) electrons. The average Bonchev–Trinajstić information content (AvgIpc) is 2.79. The van der Waals surface area contributed by atoms with Gasteiger partial charge in [0.15, 0.2) is 6.39 Å². The molecule has 1 aromatic heterocycles. The number of aryl methyl sites for hydroxylation is 1. The van der Waals surface area contributed by atoms with E-state index in [4.69, 9.17) is 4.42 Å². The zero-order valence-corrected chi connectivity index (χ0v) is 8.47. The Morgan fingerprint density at radius 3 is 2.80 bits per heavy atom. The third kappa shape index (κ3) is 3.09. The molecule has 0 aliphatic heterocycles. The molecule has 0 atom stereocenters. The van der Waals surface area contributed by atoms with Crippen LogP contribution in [-0.2, 0) is 6.42 Å². The maximum atomic E-state index is 5.14. The van der Waals surface area contributed by atoms with E-state index in [2.05, 4.69) is 29.3 Å². The predicted molar refractivity (Wildman–Crippen MR) is 60.3 cm³/mol. The zero-order chi connectivity index (χ0) is 10.3. The van der Waals surface area contributed by atoms with Crippen molar-refractivity contribution in [1.29, 1.82) is 0 Å². The minimum atomic E-state index is 0.906. The Labute approximate surface area is 89.3 Å². The van der Waals surface area contributed by atoms with Crippen LogP contribution in [-0.4, -0.2) is 4.98 Å². The summed E-state index contributed by atoms with van der Waals surface area (Å²) in [4.78, 5) is 3.87. The van der Waals surface area contributed by atoms with Gasteiger partial charge in [-0.1, -0.05) is 42.5 Å². The second-order valence-electron chi connectivity index (χ2n) is 3.32. The molecule has 0 aliphatic rings. The molecule has 0 aliphatic carbocycles. The van der Waals surface area contributed by atoms with E-state index in [9.17, 15) is 0 Å². The van der Waals surface area contributed by atoms with Crippen molar-refractivity contribution in [2.45, 2.75) is 12.8 Å². The Bertz CT molecular complexity index is 403. The molecule has 0 fully saturated rings. The molecule has 0 bridgehead atoms. The van der Waals surface area contributed by atoms with Gasteiger partial charge in [0.05, 0.1) is 6.20 Å². The van der Waals surface area contributed by atoms with E-state index < -0.39 is 0 Å². The highest BCUT2D eigenvalue weighted by Gasteiger charge is 1.92. The molecular formula is C13H13NO. The molecule has 2 heteroatoms. The summed E-state index contributed by atoms with van der Waals surface area (Å²) < 4.78 is 5.14. The minimum Gasteiger partial charge on any atom is -0.449 e. The molecule has 0 amide bonds. The second kappa shape index (κ2) is 5.15. The molecule has 1 heterocycles. The van der Waals surface area contributed by atoms with Gasteiger partial charge in [0, 0.05) is 6.42 Å². The van der Waals surface area contributed by atoms with Gasteiger partial charge in [-0.3, -0.25) is 0 Å². The highest BCUT2D eigenvalue weighted by molar-refractivity contribution is 5.48. The van der Waals surface area contributed by atoms with Crippen LogP contribution in [0.1, 0.15) is 17.7 Å². The number of oxazole rings is 1. The number of hydrogen-bond acceptors (Lipinski definition) is 2. The topological polar surface area (TPSA) is 26.0 Å². The fourth-order valence-electron chi connectivity index (χ4n) is 1.37. The fourth-order valence-corrected chi connectivity index (χ4v) is 1.37. The Kier molecular flexibility index (Phi) is 3.34. The van der Waals surface area contributed by atoms with Crippen LogP contribution < -0.4 is 0 Å². The molecule has 2 aromatic rings. The summed E-state index contributed by atoms with van der Waals surface area (Å²) in [5.74, 6) is 0.938. The maximum Gasteiger partial charge on any atom is 0.180 e.